The second-order valence-electron chi connectivity index (χ2n) is 9.19. The zero-order valence-electron chi connectivity index (χ0n) is 18.9. The number of anilines is 3. The molecule has 1 saturated heterocycles. The summed E-state index contributed by atoms with van der Waals surface area (Å²) in [6, 6.07) is 7.72. The first-order valence-corrected chi connectivity index (χ1v) is 13.5. The van der Waals surface area contributed by atoms with E-state index in [0.29, 0.717) is 22.7 Å². The molecule has 3 aromatic rings. The molecule has 1 aromatic carbocycles. The molecule has 34 heavy (non-hydrogen) atoms. The smallest absolute Gasteiger partial charge is 0.324 e. The highest BCUT2D eigenvalue weighted by Crippen LogP contribution is 2.39. The number of hydrogen-bond acceptors (Lipinski definition) is 10. The first kappa shape index (κ1) is 21.3. The van der Waals surface area contributed by atoms with Gasteiger partial charge in [-0.1, -0.05) is 5.16 Å². The maximum atomic E-state index is 11.9. The van der Waals surface area contributed by atoms with Crippen molar-refractivity contribution in [2.45, 2.75) is 49.0 Å². The zero-order chi connectivity index (χ0) is 23.3. The Morgan fingerprint density at radius 1 is 1.06 bits per heavy atom. The third-order valence-corrected chi connectivity index (χ3v) is 7.76. The molecule has 178 valence electrons. The molecule has 1 saturated carbocycles. The van der Waals surface area contributed by atoms with Crippen LogP contribution in [0, 0.1) is 0 Å². The van der Waals surface area contributed by atoms with Gasteiger partial charge in [0.25, 0.3) is 0 Å². The average molecular weight is 483 g/mol. The van der Waals surface area contributed by atoms with Gasteiger partial charge >= 0.3 is 6.01 Å². The second-order valence-corrected chi connectivity index (χ2v) is 11.2. The number of fused-ring (bicyclic) bond motifs is 1. The van der Waals surface area contributed by atoms with Crippen molar-refractivity contribution in [2.75, 3.05) is 35.7 Å². The summed E-state index contributed by atoms with van der Waals surface area (Å²) in [5.41, 5.74) is 1.97. The molecule has 0 radical (unpaired) electrons. The topological polar surface area (TPSA) is 115 Å². The second kappa shape index (κ2) is 8.23. The number of benzene rings is 1. The molecule has 6 rings (SSSR count). The molecule has 1 aliphatic carbocycles. The largest absolute Gasteiger partial charge is 0.474 e. The lowest BCUT2D eigenvalue weighted by Crippen LogP contribution is -2.38. The monoisotopic (exact) mass is 482 g/mol. The minimum atomic E-state index is -3.23. The number of hydrogen-bond donors (Lipinski definition) is 0. The third kappa shape index (κ3) is 4.20. The first-order valence-electron chi connectivity index (χ1n) is 11.6. The summed E-state index contributed by atoms with van der Waals surface area (Å²) in [6.45, 7) is 2.30. The maximum Gasteiger partial charge on any atom is 0.324 e. The van der Waals surface area contributed by atoms with Gasteiger partial charge in [0.1, 0.15) is 18.2 Å². The van der Waals surface area contributed by atoms with Crippen LogP contribution in [0.3, 0.4) is 0 Å². The maximum absolute atomic E-state index is 11.9. The molecule has 2 aliphatic heterocycles. The van der Waals surface area contributed by atoms with Crippen molar-refractivity contribution in [3.8, 4) is 5.88 Å². The molecule has 4 heterocycles. The van der Waals surface area contributed by atoms with Gasteiger partial charge in [0.15, 0.2) is 15.7 Å². The van der Waals surface area contributed by atoms with Gasteiger partial charge in [0, 0.05) is 56.4 Å². The van der Waals surface area contributed by atoms with Gasteiger partial charge in [0.2, 0.25) is 5.88 Å². The summed E-state index contributed by atoms with van der Waals surface area (Å²) in [5, 5.41) is 4.11. The van der Waals surface area contributed by atoms with Crippen molar-refractivity contribution < 1.29 is 17.7 Å². The molecule has 0 spiro atoms. The summed E-state index contributed by atoms with van der Waals surface area (Å²) in [7, 11) is -3.23. The van der Waals surface area contributed by atoms with Gasteiger partial charge < -0.3 is 19.1 Å². The molecule has 0 atom stereocenters. The molecule has 2 aromatic heterocycles. The van der Waals surface area contributed by atoms with E-state index in [2.05, 4.69) is 29.9 Å². The van der Waals surface area contributed by atoms with Crippen LogP contribution in [0.5, 0.6) is 5.88 Å². The van der Waals surface area contributed by atoms with E-state index in [9.17, 15) is 8.42 Å². The van der Waals surface area contributed by atoms with Gasteiger partial charge in [-0.05, 0) is 43.0 Å². The first-order chi connectivity index (χ1) is 16.4. The molecule has 0 amide bonds. The average Bonchev–Trinajstić information content (AvgIpc) is 3.40. The molecule has 11 heteroatoms. The highest BCUT2D eigenvalue weighted by atomic mass is 32.2. The van der Waals surface area contributed by atoms with Crippen LogP contribution in [-0.2, 0) is 16.3 Å². The van der Waals surface area contributed by atoms with Crippen LogP contribution >= 0.6 is 0 Å². The van der Waals surface area contributed by atoms with Crippen LogP contribution < -0.4 is 14.5 Å². The Balaban J connectivity index is 1.11. The number of ether oxygens (including phenoxy) is 1. The Labute approximate surface area is 197 Å². The number of rotatable bonds is 6. The number of aromatic nitrogens is 4. The van der Waals surface area contributed by atoms with E-state index in [1.54, 1.807) is 12.1 Å². The lowest BCUT2D eigenvalue weighted by molar-refractivity contribution is 0.161. The summed E-state index contributed by atoms with van der Waals surface area (Å²) < 4.78 is 35.4. The molecule has 10 nitrogen and oxygen atoms in total. The highest BCUT2D eigenvalue weighted by molar-refractivity contribution is 7.90. The van der Waals surface area contributed by atoms with E-state index in [4.69, 9.17) is 9.26 Å². The van der Waals surface area contributed by atoms with Gasteiger partial charge in [0.05, 0.1) is 4.90 Å². The molecular weight excluding hydrogens is 456 g/mol. The van der Waals surface area contributed by atoms with Gasteiger partial charge in [-0.3, -0.25) is 0 Å². The number of nitrogens with zero attached hydrogens (tertiary/aromatic N) is 6. The predicted octanol–water partition coefficient (Wildman–Crippen LogP) is 2.88. The molecule has 0 bridgehead atoms. The van der Waals surface area contributed by atoms with Crippen molar-refractivity contribution in [1.29, 1.82) is 0 Å². The Morgan fingerprint density at radius 2 is 1.88 bits per heavy atom. The van der Waals surface area contributed by atoms with Crippen molar-refractivity contribution >= 4 is 27.4 Å². The van der Waals surface area contributed by atoms with Crippen LogP contribution in [0.1, 0.15) is 43.0 Å². The van der Waals surface area contributed by atoms with E-state index in [0.717, 1.165) is 74.6 Å². The van der Waals surface area contributed by atoms with Gasteiger partial charge in [-0.15, -0.1) is 0 Å². The van der Waals surface area contributed by atoms with E-state index in [1.165, 1.54) is 12.6 Å². The van der Waals surface area contributed by atoms with E-state index >= 15 is 0 Å². The Bertz CT molecular complexity index is 1310. The van der Waals surface area contributed by atoms with Crippen LogP contribution in [0.4, 0.5) is 17.5 Å². The van der Waals surface area contributed by atoms with Crippen LogP contribution in [0.25, 0.3) is 0 Å². The summed E-state index contributed by atoms with van der Waals surface area (Å²) >= 11 is 0. The van der Waals surface area contributed by atoms with Gasteiger partial charge in [-0.25, -0.2) is 18.4 Å². The standard InChI is InChI=1S/C23H26N6O4S/c1-34(30,31)18-4-5-19-16(12-18)6-11-29(19)20-13-21(25-14-24-20)32-17-7-9-28(10-8-17)23-26-22(27-33-23)15-2-3-15/h4-5,12-15,17H,2-3,6-11H2,1H3. The van der Waals surface area contributed by atoms with E-state index < -0.39 is 9.84 Å². The fourth-order valence-corrected chi connectivity index (χ4v) is 5.26. The quantitative estimate of drug-likeness (QED) is 0.519. The fraction of sp³-hybridized carbons (Fsp3) is 0.478. The lowest BCUT2D eigenvalue weighted by atomic mass is 10.1. The van der Waals surface area contributed by atoms with E-state index in [1.807, 2.05) is 12.1 Å². The minimum Gasteiger partial charge on any atom is -0.474 e. The minimum absolute atomic E-state index is 0.0491. The molecule has 0 unspecified atom stereocenters. The van der Waals surface area contributed by atoms with Crippen LogP contribution in [0.15, 0.2) is 40.0 Å². The highest BCUT2D eigenvalue weighted by Gasteiger charge is 2.31. The molecule has 3 aliphatic rings. The SMILES string of the molecule is CS(=O)(=O)c1ccc2c(c1)CCN2c1cc(OC2CCN(c3nc(C4CC4)no3)CC2)ncn1. The van der Waals surface area contributed by atoms with E-state index in [-0.39, 0.29) is 6.10 Å². The van der Waals surface area contributed by atoms with Crippen molar-refractivity contribution in [2.24, 2.45) is 0 Å². The lowest BCUT2D eigenvalue weighted by Gasteiger charge is -2.30. The molecule has 2 fully saturated rings. The number of piperidine rings is 1. The van der Waals surface area contributed by atoms with Crippen molar-refractivity contribution in [3.63, 3.8) is 0 Å². The fourth-order valence-electron chi connectivity index (χ4n) is 4.59. The predicted molar refractivity (Wildman–Crippen MR) is 124 cm³/mol. The molecule has 0 N–H and O–H groups in total. The summed E-state index contributed by atoms with van der Waals surface area (Å²) in [4.78, 5) is 17.8. The van der Waals surface area contributed by atoms with Crippen molar-refractivity contribution in [1.82, 2.24) is 20.1 Å². The van der Waals surface area contributed by atoms with Crippen LogP contribution in [0.2, 0.25) is 0 Å². The zero-order valence-corrected chi connectivity index (χ0v) is 19.7. The Kier molecular flexibility index (Phi) is 5.16. The van der Waals surface area contributed by atoms with Crippen molar-refractivity contribution in [3.05, 3.63) is 42.0 Å². The van der Waals surface area contributed by atoms with Crippen LogP contribution in [-0.4, -0.2) is 60.5 Å². The van der Waals surface area contributed by atoms with Gasteiger partial charge in [-0.2, -0.15) is 4.98 Å². The summed E-state index contributed by atoms with van der Waals surface area (Å²) in [6.07, 6.45) is 7.53. The summed E-state index contributed by atoms with van der Waals surface area (Å²) in [5.74, 6) is 2.60. The normalized spacial score (nSPS) is 18.9. The third-order valence-electron chi connectivity index (χ3n) is 6.65. The number of sulfone groups is 1. The molecular formula is C23H26N6O4S. The Morgan fingerprint density at radius 3 is 2.65 bits per heavy atom. The Hall–Kier alpha value is -3.21.